The van der Waals surface area contributed by atoms with Crippen LogP contribution in [0.15, 0.2) is 59.5 Å². The molecule has 2 aromatic heterocycles. The molecular formula is C33H37N5O3. The minimum absolute atomic E-state index is 0.0474. The van der Waals surface area contributed by atoms with E-state index in [1.165, 1.54) is 41.4 Å². The number of carbonyl (C=O) groups excluding carboxylic acids is 1. The number of amides is 1. The van der Waals surface area contributed by atoms with Gasteiger partial charge in [-0.1, -0.05) is 37.1 Å². The van der Waals surface area contributed by atoms with Gasteiger partial charge < -0.3 is 10.1 Å². The van der Waals surface area contributed by atoms with Gasteiger partial charge >= 0.3 is 0 Å². The van der Waals surface area contributed by atoms with E-state index in [4.69, 9.17) is 9.72 Å². The molecule has 0 radical (unpaired) electrons. The molecule has 212 valence electrons. The van der Waals surface area contributed by atoms with Crippen molar-refractivity contribution in [2.45, 2.75) is 71.1 Å². The standard InChI is InChI=1S/C33H37N5O3/c1-21(2)35-30(39)20-38-32(24-7-6-10-28(16-24)41-3)36-31-29(33(38)40)17-25(18-34-31)23-12-11-22-13-14-37(19-26(22)15-23)27-8-4-5-9-27/h6-7,10-12,15-18,21,27H,4-5,8-9,13-14,19-20H2,1-3H3,(H,35,39). The normalized spacial score (nSPS) is 15.8. The molecule has 6 rings (SSSR count). The van der Waals surface area contributed by atoms with Gasteiger partial charge in [0.2, 0.25) is 5.91 Å². The van der Waals surface area contributed by atoms with Gasteiger partial charge in [-0.15, -0.1) is 0 Å². The second-order valence-corrected chi connectivity index (χ2v) is 11.5. The summed E-state index contributed by atoms with van der Waals surface area (Å²) in [7, 11) is 1.59. The molecule has 1 fully saturated rings. The Morgan fingerprint density at radius 2 is 1.88 bits per heavy atom. The molecule has 0 spiro atoms. The lowest BCUT2D eigenvalue weighted by atomic mass is 9.94. The minimum atomic E-state index is -0.300. The summed E-state index contributed by atoms with van der Waals surface area (Å²) in [5, 5.41) is 3.27. The lowest BCUT2D eigenvalue weighted by molar-refractivity contribution is -0.122. The van der Waals surface area contributed by atoms with Gasteiger partial charge in [-0.05, 0) is 74.1 Å². The third-order valence-corrected chi connectivity index (χ3v) is 8.31. The molecule has 2 aliphatic rings. The van der Waals surface area contributed by atoms with Crippen molar-refractivity contribution in [3.8, 4) is 28.3 Å². The van der Waals surface area contributed by atoms with Gasteiger partial charge in [-0.2, -0.15) is 0 Å². The maximum Gasteiger partial charge on any atom is 0.263 e. The molecular weight excluding hydrogens is 514 g/mol. The third kappa shape index (κ3) is 5.61. The second kappa shape index (κ2) is 11.4. The van der Waals surface area contributed by atoms with Gasteiger partial charge in [0.1, 0.15) is 18.1 Å². The van der Waals surface area contributed by atoms with E-state index in [9.17, 15) is 9.59 Å². The average Bonchev–Trinajstić information content (AvgIpc) is 3.53. The van der Waals surface area contributed by atoms with Gasteiger partial charge in [-0.25, -0.2) is 9.97 Å². The number of nitrogens with one attached hydrogen (secondary N) is 1. The van der Waals surface area contributed by atoms with Crippen molar-refractivity contribution in [3.63, 3.8) is 0 Å². The first-order chi connectivity index (χ1) is 19.9. The van der Waals surface area contributed by atoms with Crippen LogP contribution in [0.4, 0.5) is 0 Å². The fourth-order valence-electron chi connectivity index (χ4n) is 6.24. The zero-order valence-electron chi connectivity index (χ0n) is 24.0. The van der Waals surface area contributed by atoms with Crippen molar-refractivity contribution in [1.29, 1.82) is 0 Å². The zero-order valence-corrected chi connectivity index (χ0v) is 24.0. The SMILES string of the molecule is COc1cccc(-c2nc3ncc(-c4ccc5c(c4)CN(C4CCCC4)CC5)cc3c(=O)n2CC(=O)NC(C)C)c1. The molecule has 1 aliphatic heterocycles. The van der Waals surface area contributed by atoms with Crippen LogP contribution >= 0.6 is 0 Å². The fraction of sp³-hybridized carbons (Fsp3) is 0.394. The summed E-state index contributed by atoms with van der Waals surface area (Å²) in [6.45, 7) is 5.73. The number of rotatable bonds is 7. The molecule has 4 aromatic rings. The number of aromatic nitrogens is 3. The topological polar surface area (TPSA) is 89.4 Å². The summed E-state index contributed by atoms with van der Waals surface area (Å²) < 4.78 is 6.83. The highest BCUT2D eigenvalue weighted by Gasteiger charge is 2.26. The van der Waals surface area contributed by atoms with Crippen LogP contribution in [0.1, 0.15) is 50.7 Å². The largest absolute Gasteiger partial charge is 0.497 e. The summed E-state index contributed by atoms with van der Waals surface area (Å²) in [4.78, 5) is 38.9. The maximum atomic E-state index is 14.0. The summed E-state index contributed by atoms with van der Waals surface area (Å²) in [6.07, 6.45) is 8.13. The first-order valence-electron chi connectivity index (χ1n) is 14.6. The number of pyridine rings is 1. The molecule has 1 amide bonds. The van der Waals surface area contributed by atoms with Crippen molar-refractivity contribution < 1.29 is 9.53 Å². The van der Waals surface area contributed by atoms with Crippen LogP contribution in [0.3, 0.4) is 0 Å². The van der Waals surface area contributed by atoms with E-state index in [0.717, 1.165) is 30.6 Å². The Labute approximate surface area is 240 Å². The first kappa shape index (κ1) is 27.1. The van der Waals surface area contributed by atoms with Crippen LogP contribution in [-0.2, 0) is 24.3 Å². The van der Waals surface area contributed by atoms with E-state index in [1.807, 2.05) is 38.1 Å². The van der Waals surface area contributed by atoms with Crippen molar-refractivity contribution in [2.24, 2.45) is 0 Å². The summed E-state index contributed by atoms with van der Waals surface area (Å²) >= 11 is 0. The lowest BCUT2D eigenvalue weighted by Crippen LogP contribution is -2.37. The molecule has 8 heteroatoms. The minimum Gasteiger partial charge on any atom is -0.497 e. The van der Waals surface area contributed by atoms with E-state index >= 15 is 0 Å². The average molecular weight is 552 g/mol. The fourth-order valence-corrected chi connectivity index (χ4v) is 6.24. The van der Waals surface area contributed by atoms with Crippen LogP contribution in [0.25, 0.3) is 33.5 Å². The zero-order chi connectivity index (χ0) is 28.5. The van der Waals surface area contributed by atoms with E-state index in [2.05, 4.69) is 33.4 Å². The smallest absolute Gasteiger partial charge is 0.263 e. The molecule has 0 unspecified atom stereocenters. The van der Waals surface area contributed by atoms with Crippen LogP contribution in [0.2, 0.25) is 0 Å². The Hall–Kier alpha value is -4.04. The Morgan fingerprint density at radius 1 is 1.05 bits per heavy atom. The highest BCUT2D eigenvalue weighted by molar-refractivity contribution is 5.83. The quantitative estimate of drug-likeness (QED) is 0.349. The van der Waals surface area contributed by atoms with Crippen molar-refractivity contribution >= 4 is 16.9 Å². The lowest BCUT2D eigenvalue weighted by Gasteiger charge is -2.33. The number of methoxy groups -OCH3 is 1. The van der Waals surface area contributed by atoms with Gasteiger partial charge in [0.15, 0.2) is 5.65 Å². The van der Waals surface area contributed by atoms with Crippen molar-refractivity contribution in [3.05, 3.63) is 76.2 Å². The summed E-state index contributed by atoms with van der Waals surface area (Å²) in [6, 6.07) is 16.4. The van der Waals surface area contributed by atoms with Crippen molar-refractivity contribution in [1.82, 2.24) is 24.8 Å². The Bertz CT molecular complexity index is 1660. The number of fused-ring (bicyclic) bond motifs is 2. The van der Waals surface area contributed by atoms with E-state index < -0.39 is 0 Å². The van der Waals surface area contributed by atoms with E-state index in [-0.39, 0.29) is 24.1 Å². The highest BCUT2D eigenvalue weighted by atomic mass is 16.5. The second-order valence-electron chi connectivity index (χ2n) is 11.5. The molecule has 2 aromatic carbocycles. The molecule has 1 N–H and O–H groups in total. The predicted octanol–water partition coefficient (Wildman–Crippen LogP) is 4.96. The molecule has 0 atom stereocenters. The van der Waals surface area contributed by atoms with Crippen LogP contribution in [-0.4, -0.2) is 51.1 Å². The monoisotopic (exact) mass is 551 g/mol. The number of ether oxygens (including phenoxy) is 1. The molecule has 0 saturated heterocycles. The van der Waals surface area contributed by atoms with Gasteiger partial charge in [0.25, 0.3) is 5.56 Å². The highest BCUT2D eigenvalue weighted by Crippen LogP contribution is 2.32. The maximum absolute atomic E-state index is 14.0. The van der Waals surface area contributed by atoms with Gasteiger partial charge in [0.05, 0.1) is 12.5 Å². The van der Waals surface area contributed by atoms with Gasteiger partial charge in [-0.3, -0.25) is 19.1 Å². The number of carbonyl (C=O) groups is 1. The number of hydrogen-bond donors (Lipinski definition) is 1. The summed E-state index contributed by atoms with van der Waals surface area (Å²) in [5.74, 6) is 0.761. The third-order valence-electron chi connectivity index (χ3n) is 8.31. The van der Waals surface area contributed by atoms with Crippen LogP contribution in [0.5, 0.6) is 5.75 Å². The number of hydrogen-bond acceptors (Lipinski definition) is 6. The molecule has 1 aliphatic carbocycles. The molecule has 0 bridgehead atoms. The molecule has 1 saturated carbocycles. The van der Waals surface area contributed by atoms with Gasteiger partial charge in [0, 0.05) is 42.5 Å². The van der Waals surface area contributed by atoms with Crippen LogP contribution in [0, 0.1) is 0 Å². The number of nitrogens with zero attached hydrogens (tertiary/aromatic N) is 4. The van der Waals surface area contributed by atoms with E-state index in [1.54, 1.807) is 19.4 Å². The first-order valence-corrected chi connectivity index (χ1v) is 14.6. The molecule has 41 heavy (non-hydrogen) atoms. The van der Waals surface area contributed by atoms with Crippen molar-refractivity contribution in [2.75, 3.05) is 13.7 Å². The van der Waals surface area contributed by atoms with Crippen LogP contribution < -0.4 is 15.6 Å². The summed E-state index contributed by atoms with van der Waals surface area (Å²) in [5.41, 5.74) is 5.38. The molecule has 3 heterocycles. The predicted molar refractivity (Wildman–Crippen MR) is 161 cm³/mol. The Morgan fingerprint density at radius 3 is 2.66 bits per heavy atom. The molecule has 8 nitrogen and oxygen atoms in total. The van der Waals surface area contributed by atoms with E-state index in [0.29, 0.717) is 34.2 Å². The number of benzene rings is 2. The Balaban J connectivity index is 1.40. The Kier molecular flexibility index (Phi) is 7.58.